The van der Waals surface area contributed by atoms with Crippen molar-refractivity contribution in [2.24, 2.45) is 0 Å². The number of halogens is 1. The number of anilines is 2. The molecule has 0 unspecified atom stereocenters. The van der Waals surface area contributed by atoms with Gasteiger partial charge in [0.05, 0.1) is 21.8 Å². The largest absolute Gasteiger partial charge is 0.382 e. The van der Waals surface area contributed by atoms with E-state index in [-0.39, 0.29) is 17.3 Å². The zero-order valence-electron chi connectivity index (χ0n) is 17.5. The molecule has 2 aromatic heterocycles. The van der Waals surface area contributed by atoms with Crippen LogP contribution in [0.2, 0.25) is 5.02 Å². The van der Waals surface area contributed by atoms with Crippen LogP contribution in [-0.4, -0.2) is 27.4 Å². The van der Waals surface area contributed by atoms with Gasteiger partial charge in [-0.05, 0) is 17.7 Å². The maximum atomic E-state index is 13.1. The molecule has 9 heteroatoms. The van der Waals surface area contributed by atoms with Gasteiger partial charge >= 0.3 is 0 Å². The third-order valence-corrected chi connectivity index (χ3v) is 5.36. The molecule has 0 aliphatic rings. The Balaban J connectivity index is 1.59. The van der Waals surface area contributed by atoms with Crippen molar-refractivity contribution in [1.82, 2.24) is 20.3 Å². The summed E-state index contributed by atoms with van der Waals surface area (Å²) in [5, 5.41) is 16.6. The average molecular weight is 458 g/mol. The predicted molar refractivity (Wildman–Crippen MR) is 128 cm³/mol. The second kappa shape index (κ2) is 9.94. The zero-order valence-corrected chi connectivity index (χ0v) is 18.3. The monoisotopic (exact) mass is 457 g/mol. The van der Waals surface area contributed by atoms with Gasteiger partial charge in [0, 0.05) is 24.9 Å². The lowest BCUT2D eigenvalue weighted by Gasteiger charge is -2.13. The highest BCUT2D eigenvalue weighted by molar-refractivity contribution is 6.35. The number of para-hydroxylation sites is 1. The van der Waals surface area contributed by atoms with Crippen LogP contribution in [0.3, 0.4) is 0 Å². The highest BCUT2D eigenvalue weighted by atomic mass is 35.5. The van der Waals surface area contributed by atoms with Crippen molar-refractivity contribution in [3.05, 3.63) is 88.3 Å². The highest BCUT2D eigenvalue weighted by Gasteiger charge is 2.16. The first-order valence-electron chi connectivity index (χ1n) is 10.2. The summed E-state index contributed by atoms with van der Waals surface area (Å²) in [7, 11) is 0. The Morgan fingerprint density at radius 2 is 1.94 bits per heavy atom. The fourth-order valence-electron chi connectivity index (χ4n) is 3.40. The molecule has 2 aromatic carbocycles. The summed E-state index contributed by atoms with van der Waals surface area (Å²) in [6.07, 6.45) is 1.68. The van der Waals surface area contributed by atoms with E-state index in [4.69, 9.17) is 17.3 Å². The smallest absolute Gasteiger partial charge is 0.253 e. The number of rotatable bonds is 7. The van der Waals surface area contributed by atoms with Crippen LogP contribution in [0.25, 0.3) is 10.9 Å². The second-order valence-electron chi connectivity index (χ2n) is 7.23. The van der Waals surface area contributed by atoms with E-state index in [0.717, 1.165) is 10.9 Å². The van der Waals surface area contributed by atoms with E-state index < -0.39 is 0 Å². The number of amides is 1. The predicted octanol–water partition coefficient (Wildman–Crippen LogP) is 3.72. The summed E-state index contributed by atoms with van der Waals surface area (Å²) in [6, 6.07) is 18.9. The topological polar surface area (TPSA) is 130 Å². The van der Waals surface area contributed by atoms with Gasteiger partial charge in [-0.25, -0.2) is 9.97 Å². The van der Waals surface area contributed by atoms with Crippen LogP contribution in [0.1, 0.15) is 27.2 Å². The van der Waals surface area contributed by atoms with Gasteiger partial charge in [-0.15, -0.1) is 0 Å². The summed E-state index contributed by atoms with van der Waals surface area (Å²) in [6.45, 7) is 0.768. The molecule has 4 rings (SSSR count). The van der Waals surface area contributed by atoms with Crippen LogP contribution in [-0.2, 0) is 13.0 Å². The number of pyridine rings is 1. The average Bonchev–Trinajstić information content (AvgIpc) is 2.83. The van der Waals surface area contributed by atoms with E-state index in [1.165, 1.54) is 6.33 Å². The van der Waals surface area contributed by atoms with Crippen LogP contribution < -0.4 is 16.4 Å². The van der Waals surface area contributed by atoms with Gasteiger partial charge in [0.25, 0.3) is 5.91 Å². The molecule has 0 aliphatic carbocycles. The molecule has 2 heterocycles. The maximum absolute atomic E-state index is 13.1. The number of fused-ring (bicyclic) bond motifs is 1. The van der Waals surface area contributed by atoms with Crippen molar-refractivity contribution in [1.29, 1.82) is 5.26 Å². The molecule has 0 aliphatic heterocycles. The number of nitrogen functional groups attached to an aromatic ring is 1. The number of carbonyl (C=O) groups excluding carboxylic acids is 1. The van der Waals surface area contributed by atoms with Gasteiger partial charge in [-0.3, -0.25) is 9.78 Å². The molecule has 164 valence electrons. The molecule has 0 saturated carbocycles. The normalized spacial score (nSPS) is 10.5. The van der Waals surface area contributed by atoms with Crippen LogP contribution in [0.15, 0.2) is 60.9 Å². The van der Waals surface area contributed by atoms with E-state index in [1.54, 1.807) is 12.1 Å². The Kier molecular flexibility index (Phi) is 6.62. The SMILES string of the molecule is N#Cc1c(N)ncnc1NCCc1nc2c(Cl)cccc2cc1C(=O)NCc1ccccc1. The maximum Gasteiger partial charge on any atom is 0.253 e. The quantitative estimate of drug-likeness (QED) is 0.385. The number of aromatic nitrogens is 3. The first-order chi connectivity index (χ1) is 16.1. The first kappa shape index (κ1) is 22.0. The molecule has 0 saturated heterocycles. The van der Waals surface area contributed by atoms with Crippen LogP contribution >= 0.6 is 11.6 Å². The minimum absolute atomic E-state index is 0.103. The van der Waals surface area contributed by atoms with Crippen LogP contribution in [0.4, 0.5) is 11.6 Å². The minimum atomic E-state index is -0.229. The van der Waals surface area contributed by atoms with Gasteiger partial charge in [-0.1, -0.05) is 54.1 Å². The van der Waals surface area contributed by atoms with E-state index in [1.807, 2.05) is 48.5 Å². The Hall–Kier alpha value is -4.22. The van der Waals surface area contributed by atoms with Gasteiger partial charge in [-0.2, -0.15) is 5.26 Å². The lowest BCUT2D eigenvalue weighted by atomic mass is 10.1. The summed E-state index contributed by atoms with van der Waals surface area (Å²) >= 11 is 6.34. The van der Waals surface area contributed by atoms with Crippen molar-refractivity contribution in [2.75, 3.05) is 17.6 Å². The molecule has 8 nitrogen and oxygen atoms in total. The number of nitrogens with two attached hydrogens (primary N) is 1. The van der Waals surface area contributed by atoms with E-state index in [2.05, 4.69) is 25.6 Å². The number of benzene rings is 2. The molecular weight excluding hydrogens is 438 g/mol. The number of carbonyl (C=O) groups is 1. The molecule has 4 N–H and O–H groups in total. The van der Waals surface area contributed by atoms with Gasteiger partial charge in [0.2, 0.25) is 0 Å². The molecule has 0 fully saturated rings. The Morgan fingerprint density at radius 1 is 1.12 bits per heavy atom. The fraction of sp³-hybridized carbons (Fsp3) is 0.125. The summed E-state index contributed by atoms with van der Waals surface area (Å²) in [4.78, 5) is 25.7. The van der Waals surface area contributed by atoms with Crippen molar-refractivity contribution >= 4 is 40.0 Å². The molecule has 0 radical (unpaired) electrons. The molecule has 0 spiro atoms. The Morgan fingerprint density at radius 3 is 2.73 bits per heavy atom. The van der Waals surface area contributed by atoms with Crippen molar-refractivity contribution in [3.8, 4) is 6.07 Å². The highest BCUT2D eigenvalue weighted by Crippen LogP contribution is 2.24. The minimum Gasteiger partial charge on any atom is -0.382 e. The molecule has 33 heavy (non-hydrogen) atoms. The van der Waals surface area contributed by atoms with Gasteiger partial charge in [0.1, 0.15) is 29.6 Å². The number of nitrogens with zero attached hydrogens (tertiary/aromatic N) is 4. The third-order valence-electron chi connectivity index (χ3n) is 5.06. The standard InChI is InChI=1S/C24H20ClN7O/c25-19-8-4-7-16-11-17(24(33)29-13-15-5-2-1-3-6-15)20(32-21(16)19)9-10-28-23-18(12-26)22(27)30-14-31-23/h1-8,11,14H,9-10,13H2,(H,29,33)(H3,27,28,30,31). The lowest BCUT2D eigenvalue weighted by Crippen LogP contribution is -2.25. The van der Waals surface area contributed by atoms with Crippen LogP contribution in [0, 0.1) is 11.3 Å². The fourth-order valence-corrected chi connectivity index (χ4v) is 3.63. The molecule has 1 amide bonds. The lowest BCUT2D eigenvalue weighted by molar-refractivity contribution is 0.0949. The number of hydrogen-bond donors (Lipinski definition) is 3. The first-order valence-corrected chi connectivity index (χ1v) is 10.6. The molecular formula is C24H20ClN7O. The zero-order chi connectivity index (χ0) is 23.2. The van der Waals surface area contributed by atoms with Crippen molar-refractivity contribution < 1.29 is 4.79 Å². The molecule has 0 atom stereocenters. The molecule has 4 aromatic rings. The van der Waals surface area contributed by atoms with E-state index >= 15 is 0 Å². The molecule has 0 bridgehead atoms. The van der Waals surface area contributed by atoms with Gasteiger partial charge < -0.3 is 16.4 Å². The summed E-state index contributed by atoms with van der Waals surface area (Å²) in [5.74, 6) is 0.206. The second-order valence-corrected chi connectivity index (χ2v) is 7.64. The van der Waals surface area contributed by atoms with Crippen molar-refractivity contribution in [3.63, 3.8) is 0 Å². The van der Waals surface area contributed by atoms with Crippen molar-refractivity contribution in [2.45, 2.75) is 13.0 Å². The number of nitriles is 1. The third kappa shape index (κ3) is 5.00. The van der Waals surface area contributed by atoms with E-state index in [0.29, 0.717) is 47.1 Å². The summed E-state index contributed by atoms with van der Waals surface area (Å²) in [5.41, 5.74) is 8.58. The van der Waals surface area contributed by atoms with Crippen LogP contribution in [0.5, 0.6) is 0 Å². The van der Waals surface area contributed by atoms with Gasteiger partial charge in [0.15, 0.2) is 0 Å². The Labute approximate surface area is 195 Å². The number of nitrogens with one attached hydrogen (secondary N) is 2. The summed E-state index contributed by atoms with van der Waals surface area (Å²) < 4.78 is 0. The Bertz CT molecular complexity index is 1350. The van der Waals surface area contributed by atoms with E-state index in [9.17, 15) is 10.1 Å². The number of hydrogen-bond acceptors (Lipinski definition) is 7.